The van der Waals surface area contributed by atoms with Gasteiger partial charge in [-0.1, -0.05) is 55.6 Å². The van der Waals surface area contributed by atoms with E-state index in [4.69, 9.17) is 4.52 Å². The maximum absolute atomic E-state index is 5.33. The Balaban J connectivity index is 1.56. The van der Waals surface area contributed by atoms with Gasteiger partial charge < -0.3 is 9.84 Å². The van der Waals surface area contributed by atoms with Crippen LogP contribution in [0.4, 0.5) is 5.69 Å². The second-order valence-electron chi connectivity index (χ2n) is 6.89. The largest absolute Gasteiger partial charge is 0.378 e. The van der Waals surface area contributed by atoms with E-state index in [-0.39, 0.29) is 0 Å². The highest BCUT2D eigenvalue weighted by atomic mass is 16.5. The number of hydrogen-bond donors (Lipinski definition) is 1. The summed E-state index contributed by atoms with van der Waals surface area (Å²) in [5, 5.41) is 8.06. The maximum Gasteiger partial charge on any atom is 0.147 e. The molecule has 1 N–H and O–H groups in total. The third-order valence-electron chi connectivity index (χ3n) is 5.50. The van der Waals surface area contributed by atoms with Crippen molar-refractivity contribution in [3.63, 3.8) is 0 Å². The van der Waals surface area contributed by atoms with E-state index in [1.165, 1.54) is 43.2 Å². The average molecular weight is 296 g/mol. The molecule has 0 amide bonds. The third-order valence-corrected chi connectivity index (χ3v) is 5.50. The monoisotopic (exact) mass is 296 g/mol. The minimum atomic E-state index is 0.433. The number of aromatic nitrogens is 1. The van der Waals surface area contributed by atoms with Crippen molar-refractivity contribution < 1.29 is 4.52 Å². The number of benzene rings is 1. The molecule has 3 heteroatoms. The van der Waals surface area contributed by atoms with Crippen molar-refractivity contribution in [2.75, 3.05) is 5.32 Å². The molecule has 2 atom stereocenters. The molecule has 2 aliphatic rings. The minimum absolute atomic E-state index is 0.433. The molecule has 0 bridgehead atoms. The van der Waals surface area contributed by atoms with Crippen LogP contribution in [-0.2, 0) is 6.42 Å². The molecule has 2 unspecified atom stereocenters. The van der Waals surface area contributed by atoms with Gasteiger partial charge in [-0.15, -0.1) is 0 Å². The lowest BCUT2D eigenvalue weighted by Crippen LogP contribution is -2.23. The Labute approximate surface area is 132 Å². The first-order valence-corrected chi connectivity index (χ1v) is 8.61. The number of fused-ring (bicyclic) bond motifs is 1. The van der Waals surface area contributed by atoms with Crippen molar-refractivity contribution in [2.45, 2.75) is 63.3 Å². The van der Waals surface area contributed by atoms with Crippen LogP contribution in [0.25, 0.3) is 0 Å². The van der Waals surface area contributed by atoms with E-state index >= 15 is 0 Å². The molecule has 1 saturated carbocycles. The maximum atomic E-state index is 5.33. The fraction of sp³-hybridized carbons (Fsp3) is 0.526. The summed E-state index contributed by atoms with van der Waals surface area (Å²) in [6, 6.07) is 9.37. The lowest BCUT2D eigenvalue weighted by Gasteiger charge is -2.24. The molecule has 2 aliphatic carbocycles. The first kappa shape index (κ1) is 13.9. The third kappa shape index (κ3) is 2.43. The fourth-order valence-electron chi connectivity index (χ4n) is 4.22. The molecule has 0 aliphatic heterocycles. The Bertz CT molecular complexity index is 642. The fourth-order valence-corrected chi connectivity index (χ4v) is 4.22. The van der Waals surface area contributed by atoms with Gasteiger partial charge in [0, 0.05) is 12.0 Å². The van der Waals surface area contributed by atoms with E-state index in [1.54, 1.807) is 6.26 Å². The van der Waals surface area contributed by atoms with Crippen LogP contribution in [0.15, 0.2) is 35.1 Å². The summed E-state index contributed by atoms with van der Waals surface area (Å²) in [6.45, 7) is 2.32. The van der Waals surface area contributed by atoms with Crippen LogP contribution in [0, 0.1) is 0 Å². The van der Waals surface area contributed by atoms with Gasteiger partial charge in [-0.2, -0.15) is 0 Å². The van der Waals surface area contributed by atoms with Gasteiger partial charge in [0.05, 0.1) is 5.69 Å². The lowest BCUT2D eigenvalue weighted by molar-refractivity contribution is 0.401. The summed E-state index contributed by atoms with van der Waals surface area (Å²) in [5.41, 5.74) is 5.18. The summed E-state index contributed by atoms with van der Waals surface area (Å²) < 4.78 is 5.33. The predicted octanol–water partition coefficient (Wildman–Crippen LogP) is 4.86. The van der Waals surface area contributed by atoms with E-state index in [9.17, 15) is 0 Å². The number of nitrogens with zero attached hydrogens (tertiary/aromatic N) is 1. The zero-order valence-corrected chi connectivity index (χ0v) is 13.2. The standard InChI is InChI=1S/C19H24N2O/c1-13-16-10-6-5-7-14(16)11-17(13)19-18(12-22-21-19)20-15-8-3-2-4-9-15/h5-7,10,12-13,15,17,20H,2-4,8-9,11H2,1H3. The summed E-state index contributed by atoms with van der Waals surface area (Å²) in [4.78, 5) is 0. The van der Waals surface area contributed by atoms with Gasteiger partial charge in [0.25, 0.3) is 0 Å². The molecular weight excluding hydrogens is 272 g/mol. The summed E-state index contributed by atoms with van der Waals surface area (Å²) in [6.07, 6.45) is 9.47. The van der Waals surface area contributed by atoms with Crippen LogP contribution >= 0.6 is 0 Å². The van der Waals surface area contributed by atoms with Gasteiger partial charge in [-0.3, -0.25) is 0 Å². The van der Waals surface area contributed by atoms with Crippen molar-refractivity contribution in [3.05, 3.63) is 47.3 Å². The second-order valence-corrected chi connectivity index (χ2v) is 6.89. The Morgan fingerprint density at radius 2 is 1.95 bits per heavy atom. The topological polar surface area (TPSA) is 38.1 Å². The van der Waals surface area contributed by atoms with E-state index in [1.807, 2.05) is 0 Å². The lowest BCUT2D eigenvalue weighted by atomic mass is 9.90. The highest BCUT2D eigenvalue weighted by molar-refractivity contribution is 5.51. The number of nitrogens with one attached hydrogen (secondary N) is 1. The van der Waals surface area contributed by atoms with E-state index in [0.29, 0.717) is 17.9 Å². The summed E-state index contributed by atoms with van der Waals surface area (Å²) >= 11 is 0. The number of anilines is 1. The quantitative estimate of drug-likeness (QED) is 0.878. The van der Waals surface area contributed by atoms with Crippen molar-refractivity contribution in [1.82, 2.24) is 5.16 Å². The molecule has 1 heterocycles. The molecule has 0 spiro atoms. The molecule has 1 fully saturated rings. The molecule has 0 radical (unpaired) electrons. The van der Waals surface area contributed by atoms with Gasteiger partial charge in [0.2, 0.25) is 0 Å². The molecule has 1 aromatic heterocycles. The SMILES string of the molecule is CC1c2ccccc2CC1c1nocc1NC1CCCCC1. The van der Waals surface area contributed by atoms with Crippen molar-refractivity contribution in [2.24, 2.45) is 0 Å². The Morgan fingerprint density at radius 1 is 1.14 bits per heavy atom. The normalized spacial score (nSPS) is 25.1. The molecule has 116 valence electrons. The number of rotatable bonds is 3. The smallest absolute Gasteiger partial charge is 0.147 e. The first-order valence-electron chi connectivity index (χ1n) is 8.61. The number of hydrogen-bond acceptors (Lipinski definition) is 3. The highest BCUT2D eigenvalue weighted by Gasteiger charge is 2.34. The van der Waals surface area contributed by atoms with E-state index in [0.717, 1.165) is 17.8 Å². The van der Waals surface area contributed by atoms with Gasteiger partial charge in [-0.05, 0) is 36.3 Å². The zero-order valence-electron chi connectivity index (χ0n) is 13.2. The Kier molecular flexibility index (Phi) is 3.65. The van der Waals surface area contributed by atoms with Crippen LogP contribution in [-0.4, -0.2) is 11.2 Å². The highest BCUT2D eigenvalue weighted by Crippen LogP contribution is 2.45. The minimum Gasteiger partial charge on any atom is -0.378 e. The van der Waals surface area contributed by atoms with Crippen LogP contribution in [0.1, 0.15) is 67.7 Å². The molecule has 22 heavy (non-hydrogen) atoms. The van der Waals surface area contributed by atoms with Crippen LogP contribution in [0.5, 0.6) is 0 Å². The van der Waals surface area contributed by atoms with Gasteiger partial charge in [0.15, 0.2) is 0 Å². The Hall–Kier alpha value is -1.77. The first-order chi connectivity index (χ1) is 10.8. The van der Waals surface area contributed by atoms with Crippen LogP contribution in [0.2, 0.25) is 0 Å². The Morgan fingerprint density at radius 3 is 2.77 bits per heavy atom. The molecule has 3 nitrogen and oxygen atoms in total. The summed E-state index contributed by atoms with van der Waals surface area (Å²) in [7, 11) is 0. The summed E-state index contributed by atoms with van der Waals surface area (Å²) in [5.74, 6) is 0.940. The molecule has 2 aromatic rings. The zero-order chi connectivity index (χ0) is 14.9. The van der Waals surface area contributed by atoms with E-state index < -0.39 is 0 Å². The van der Waals surface area contributed by atoms with Crippen molar-refractivity contribution in [1.29, 1.82) is 0 Å². The van der Waals surface area contributed by atoms with Crippen molar-refractivity contribution >= 4 is 5.69 Å². The van der Waals surface area contributed by atoms with Gasteiger partial charge in [-0.25, -0.2) is 0 Å². The van der Waals surface area contributed by atoms with Crippen molar-refractivity contribution in [3.8, 4) is 0 Å². The molecule has 4 rings (SSSR count). The van der Waals surface area contributed by atoms with Gasteiger partial charge in [0.1, 0.15) is 12.0 Å². The second kappa shape index (κ2) is 5.79. The predicted molar refractivity (Wildman–Crippen MR) is 88.3 cm³/mol. The van der Waals surface area contributed by atoms with E-state index in [2.05, 4.69) is 41.7 Å². The molecule has 0 saturated heterocycles. The molecular formula is C19H24N2O. The average Bonchev–Trinajstić information content (AvgIpc) is 3.13. The van der Waals surface area contributed by atoms with Crippen LogP contribution < -0.4 is 5.32 Å². The van der Waals surface area contributed by atoms with Crippen LogP contribution in [0.3, 0.4) is 0 Å². The van der Waals surface area contributed by atoms with Gasteiger partial charge >= 0.3 is 0 Å². The molecule has 1 aromatic carbocycles.